The van der Waals surface area contributed by atoms with Gasteiger partial charge >= 0.3 is 12.1 Å². The molecule has 0 aliphatic carbocycles. The van der Waals surface area contributed by atoms with Crippen LogP contribution in [0, 0.1) is 0 Å². The zero-order valence-corrected chi connectivity index (χ0v) is 15.1. The highest BCUT2D eigenvalue weighted by atomic mass is 16.6. The van der Waals surface area contributed by atoms with Gasteiger partial charge in [-0.3, -0.25) is 0 Å². The summed E-state index contributed by atoms with van der Waals surface area (Å²) < 4.78 is 16.5. The maximum Gasteiger partial charge on any atom is 0.410 e. The molecule has 0 unspecified atom stereocenters. The number of likely N-dealkylation sites (tertiary alicyclic amines) is 1. The molecule has 2 rings (SSSR count). The van der Waals surface area contributed by atoms with E-state index in [9.17, 15) is 9.59 Å². The number of carboxylic acid groups (broad SMARTS) is 1. The second-order valence-corrected chi connectivity index (χ2v) is 6.96. The third-order valence-corrected chi connectivity index (χ3v) is 3.80. The summed E-state index contributed by atoms with van der Waals surface area (Å²) in [4.78, 5) is 24.8. The molecule has 7 heteroatoms. The van der Waals surface area contributed by atoms with Crippen molar-refractivity contribution in [3.05, 3.63) is 23.8 Å². The number of ether oxygens (including phenoxy) is 3. The van der Waals surface area contributed by atoms with Crippen LogP contribution < -0.4 is 9.47 Å². The van der Waals surface area contributed by atoms with Gasteiger partial charge in [-0.25, -0.2) is 9.59 Å². The average Bonchev–Trinajstić information content (AvgIpc) is 2.54. The molecule has 0 bridgehead atoms. The maximum absolute atomic E-state index is 12.1. The summed E-state index contributed by atoms with van der Waals surface area (Å²) >= 11 is 0. The van der Waals surface area contributed by atoms with Crippen LogP contribution >= 0.6 is 0 Å². The number of benzene rings is 1. The van der Waals surface area contributed by atoms with Gasteiger partial charge in [-0.2, -0.15) is 0 Å². The summed E-state index contributed by atoms with van der Waals surface area (Å²) in [6.45, 7) is 6.62. The lowest BCUT2D eigenvalue weighted by Crippen LogP contribution is -2.44. The van der Waals surface area contributed by atoms with Crippen LogP contribution in [0.3, 0.4) is 0 Å². The van der Waals surface area contributed by atoms with E-state index in [1.54, 1.807) is 11.0 Å². The number of methoxy groups -OCH3 is 1. The van der Waals surface area contributed by atoms with E-state index in [0.29, 0.717) is 37.4 Å². The molecule has 1 aliphatic rings. The van der Waals surface area contributed by atoms with Crippen LogP contribution in [0.4, 0.5) is 4.79 Å². The van der Waals surface area contributed by atoms with Gasteiger partial charge in [0.15, 0.2) is 11.5 Å². The minimum absolute atomic E-state index is 0.0664. The summed E-state index contributed by atoms with van der Waals surface area (Å²) in [6, 6.07) is 4.52. The molecule has 1 heterocycles. The number of amides is 1. The number of piperidine rings is 1. The Morgan fingerprint density at radius 1 is 1.16 bits per heavy atom. The Kier molecular flexibility index (Phi) is 5.77. The van der Waals surface area contributed by atoms with E-state index in [-0.39, 0.29) is 17.8 Å². The maximum atomic E-state index is 12.1. The first-order valence-electron chi connectivity index (χ1n) is 8.25. The molecule has 1 aromatic rings. The smallest absolute Gasteiger partial charge is 0.410 e. The Bertz CT molecular complexity index is 629. The number of hydrogen-bond donors (Lipinski definition) is 1. The molecular formula is C18H25NO6. The molecule has 0 atom stereocenters. The van der Waals surface area contributed by atoms with Crippen LogP contribution in [0.5, 0.6) is 11.5 Å². The van der Waals surface area contributed by atoms with Crippen LogP contribution in [0.25, 0.3) is 0 Å². The molecule has 25 heavy (non-hydrogen) atoms. The number of carbonyl (C=O) groups is 2. The first-order valence-corrected chi connectivity index (χ1v) is 8.25. The quantitative estimate of drug-likeness (QED) is 0.897. The Hall–Kier alpha value is -2.44. The fraction of sp³-hybridized carbons (Fsp3) is 0.556. The van der Waals surface area contributed by atoms with Gasteiger partial charge in [0.25, 0.3) is 0 Å². The first kappa shape index (κ1) is 18.9. The van der Waals surface area contributed by atoms with Gasteiger partial charge < -0.3 is 24.2 Å². The Labute approximate surface area is 147 Å². The average molecular weight is 351 g/mol. The van der Waals surface area contributed by atoms with Crippen molar-refractivity contribution in [1.82, 2.24) is 4.90 Å². The van der Waals surface area contributed by atoms with E-state index in [1.165, 1.54) is 19.2 Å². The zero-order valence-electron chi connectivity index (χ0n) is 15.1. The van der Waals surface area contributed by atoms with Crippen molar-refractivity contribution < 1.29 is 28.9 Å². The molecule has 138 valence electrons. The minimum atomic E-state index is -1.02. The SMILES string of the molecule is COc1cc(C(=O)O)ccc1OC1CCN(C(=O)OC(C)(C)C)CC1. The molecule has 0 aromatic heterocycles. The van der Waals surface area contributed by atoms with Gasteiger partial charge in [0.2, 0.25) is 0 Å². The second-order valence-electron chi connectivity index (χ2n) is 6.96. The largest absolute Gasteiger partial charge is 0.493 e. The van der Waals surface area contributed by atoms with Crippen molar-refractivity contribution in [2.75, 3.05) is 20.2 Å². The number of carbonyl (C=O) groups excluding carboxylic acids is 1. The normalized spacial score (nSPS) is 15.6. The predicted molar refractivity (Wildman–Crippen MR) is 91.4 cm³/mol. The molecule has 0 spiro atoms. The predicted octanol–water partition coefficient (Wildman–Crippen LogP) is 3.17. The van der Waals surface area contributed by atoms with Crippen LogP contribution in [0.2, 0.25) is 0 Å². The molecular weight excluding hydrogens is 326 g/mol. The van der Waals surface area contributed by atoms with Gasteiger partial charge in [-0.15, -0.1) is 0 Å². The fourth-order valence-corrected chi connectivity index (χ4v) is 2.56. The number of aromatic carboxylic acids is 1. The number of rotatable bonds is 4. The molecule has 1 N–H and O–H groups in total. The molecule has 0 saturated carbocycles. The molecule has 1 saturated heterocycles. The van der Waals surface area contributed by atoms with Crippen molar-refractivity contribution in [3.63, 3.8) is 0 Å². The van der Waals surface area contributed by atoms with Crippen LogP contribution in [0.15, 0.2) is 18.2 Å². The van der Waals surface area contributed by atoms with Crippen LogP contribution in [0.1, 0.15) is 44.0 Å². The Balaban J connectivity index is 1.94. The van der Waals surface area contributed by atoms with Gasteiger partial charge in [-0.05, 0) is 39.0 Å². The summed E-state index contributed by atoms with van der Waals surface area (Å²) in [7, 11) is 1.47. The van der Waals surface area contributed by atoms with Crippen LogP contribution in [-0.4, -0.2) is 54.0 Å². The van der Waals surface area contributed by atoms with Crippen molar-refractivity contribution in [1.29, 1.82) is 0 Å². The molecule has 1 aliphatic heterocycles. The molecule has 1 aromatic carbocycles. The summed E-state index contributed by atoms with van der Waals surface area (Å²) in [6.07, 6.45) is 0.962. The van der Waals surface area contributed by atoms with Gasteiger partial charge in [0, 0.05) is 25.9 Å². The van der Waals surface area contributed by atoms with Gasteiger partial charge in [0.05, 0.1) is 12.7 Å². The third kappa shape index (κ3) is 5.27. The standard InChI is InChI=1S/C18H25NO6/c1-18(2,3)25-17(22)19-9-7-13(8-10-19)24-14-6-5-12(16(20)21)11-15(14)23-4/h5-6,11,13H,7-10H2,1-4H3,(H,20,21). The number of nitrogens with zero attached hydrogens (tertiary/aromatic N) is 1. The zero-order chi connectivity index (χ0) is 18.6. The van der Waals surface area contributed by atoms with Crippen molar-refractivity contribution in [2.24, 2.45) is 0 Å². The molecule has 1 fully saturated rings. The van der Waals surface area contributed by atoms with Gasteiger partial charge in [-0.1, -0.05) is 0 Å². The lowest BCUT2D eigenvalue weighted by molar-refractivity contribution is 0.0124. The van der Waals surface area contributed by atoms with E-state index in [0.717, 1.165) is 0 Å². The highest BCUT2D eigenvalue weighted by Crippen LogP contribution is 2.31. The summed E-state index contributed by atoms with van der Waals surface area (Å²) in [5.41, 5.74) is -0.368. The molecule has 0 radical (unpaired) electrons. The van der Waals surface area contributed by atoms with Gasteiger partial charge in [0.1, 0.15) is 11.7 Å². The highest BCUT2D eigenvalue weighted by Gasteiger charge is 2.28. The number of hydrogen-bond acceptors (Lipinski definition) is 5. The summed E-state index contributed by atoms with van der Waals surface area (Å²) in [5.74, 6) is -0.131. The summed E-state index contributed by atoms with van der Waals surface area (Å²) in [5, 5.41) is 9.03. The first-order chi connectivity index (χ1) is 11.7. The second kappa shape index (κ2) is 7.63. The van der Waals surface area contributed by atoms with Crippen LogP contribution in [-0.2, 0) is 4.74 Å². The minimum Gasteiger partial charge on any atom is -0.493 e. The van der Waals surface area contributed by atoms with Crippen molar-refractivity contribution in [3.8, 4) is 11.5 Å². The lowest BCUT2D eigenvalue weighted by atomic mass is 10.1. The van der Waals surface area contributed by atoms with E-state index >= 15 is 0 Å². The monoisotopic (exact) mass is 351 g/mol. The lowest BCUT2D eigenvalue weighted by Gasteiger charge is -2.33. The highest BCUT2D eigenvalue weighted by molar-refractivity contribution is 5.88. The van der Waals surface area contributed by atoms with Crippen molar-refractivity contribution >= 4 is 12.1 Å². The Morgan fingerprint density at radius 3 is 2.32 bits per heavy atom. The van der Waals surface area contributed by atoms with E-state index < -0.39 is 11.6 Å². The molecule has 7 nitrogen and oxygen atoms in total. The Morgan fingerprint density at radius 2 is 1.80 bits per heavy atom. The fourth-order valence-electron chi connectivity index (χ4n) is 2.56. The molecule has 1 amide bonds. The number of carboxylic acids is 1. The topological polar surface area (TPSA) is 85.3 Å². The van der Waals surface area contributed by atoms with E-state index in [4.69, 9.17) is 19.3 Å². The third-order valence-electron chi connectivity index (χ3n) is 3.80. The van der Waals surface area contributed by atoms with E-state index in [1.807, 2.05) is 20.8 Å². The van der Waals surface area contributed by atoms with E-state index in [2.05, 4.69) is 0 Å². The van der Waals surface area contributed by atoms with Crippen molar-refractivity contribution in [2.45, 2.75) is 45.3 Å².